The average molecular weight is 282 g/mol. The van der Waals surface area contributed by atoms with Gasteiger partial charge in [0, 0.05) is 0 Å². The van der Waals surface area contributed by atoms with Crippen LogP contribution in [0.4, 0.5) is 8.78 Å². The molecule has 0 aliphatic heterocycles. The number of rotatable bonds is 8. The standard InChI is InChI=1S/C15H20F2N2O/c1-3-15(11-18,19-4-2)9-6-10-20-14-12(16)7-5-8-13(14)17/h5,7-8,19H,3-4,6,9-10H2,1-2H3. The van der Waals surface area contributed by atoms with Crippen LogP contribution in [0, 0.1) is 23.0 Å². The Bertz CT molecular complexity index is 453. The van der Waals surface area contributed by atoms with Gasteiger partial charge in [0.05, 0.1) is 12.7 Å². The summed E-state index contributed by atoms with van der Waals surface area (Å²) in [5, 5.41) is 12.4. The predicted molar refractivity (Wildman–Crippen MR) is 73.4 cm³/mol. The normalized spacial score (nSPS) is 13.6. The lowest BCUT2D eigenvalue weighted by molar-refractivity contribution is 0.257. The van der Waals surface area contributed by atoms with Gasteiger partial charge in [0.15, 0.2) is 17.4 Å². The number of halogens is 2. The van der Waals surface area contributed by atoms with Crippen LogP contribution in [0.1, 0.15) is 33.1 Å². The first-order valence-electron chi connectivity index (χ1n) is 6.81. The van der Waals surface area contributed by atoms with E-state index in [4.69, 9.17) is 4.74 Å². The number of benzene rings is 1. The average Bonchev–Trinajstić information content (AvgIpc) is 2.45. The van der Waals surface area contributed by atoms with Crippen LogP contribution in [-0.2, 0) is 0 Å². The zero-order valence-corrected chi connectivity index (χ0v) is 11.9. The number of para-hydroxylation sites is 1. The van der Waals surface area contributed by atoms with Gasteiger partial charge in [-0.05, 0) is 37.9 Å². The molecule has 1 aromatic carbocycles. The molecule has 0 fully saturated rings. The zero-order chi connectivity index (χ0) is 15.0. The quantitative estimate of drug-likeness (QED) is 0.743. The number of nitrogens with zero attached hydrogens (tertiary/aromatic N) is 1. The molecule has 0 heterocycles. The third kappa shape index (κ3) is 4.17. The van der Waals surface area contributed by atoms with E-state index in [9.17, 15) is 14.0 Å². The highest BCUT2D eigenvalue weighted by atomic mass is 19.1. The van der Waals surface area contributed by atoms with E-state index in [-0.39, 0.29) is 12.4 Å². The van der Waals surface area contributed by atoms with Gasteiger partial charge >= 0.3 is 0 Å². The van der Waals surface area contributed by atoms with Crippen molar-refractivity contribution >= 4 is 0 Å². The number of nitrogens with one attached hydrogen (secondary N) is 1. The van der Waals surface area contributed by atoms with E-state index in [0.29, 0.717) is 25.8 Å². The summed E-state index contributed by atoms with van der Waals surface area (Å²) in [7, 11) is 0. The fourth-order valence-corrected chi connectivity index (χ4v) is 2.07. The summed E-state index contributed by atoms with van der Waals surface area (Å²) in [6, 6.07) is 5.88. The van der Waals surface area contributed by atoms with Gasteiger partial charge in [0.1, 0.15) is 5.54 Å². The van der Waals surface area contributed by atoms with E-state index in [1.54, 1.807) is 0 Å². The molecule has 0 bridgehead atoms. The zero-order valence-electron chi connectivity index (χ0n) is 11.9. The van der Waals surface area contributed by atoms with Crippen molar-refractivity contribution in [2.45, 2.75) is 38.6 Å². The Labute approximate surface area is 118 Å². The molecule has 5 heteroatoms. The third-order valence-electron chi connectivity index (χ3n) is 3.25. The molecule has 0 aliphatic rings. The summed E-state index contributed by atoms with van der Waals surface area (Å²) in [6.07, 6.45) is 1.79. The van der Waals surface area contributed by atoms with Crippen LogP contribution < -0.4 is 10.1 Å². The molecule has 0 spiro atoms. The SMILES string of the molecule is CCNC(C#N)(CC)CCCOc1c(F)cccc1F. The summed E-state index contributed by atoms with van der Waals surface area (Å²) in [5.74, 6) is -1.77. The maximum atomic E-state index is 13.3. The Kier molecular flexibility index (Phi) is 6.40. The number of hydrogen-bond donors (Lipinski definition) is 1. The van der Waals surface area contributed by atoms with Gasteiger partial charge in [-0.2, -0.15) is 5.26 Å². The molecular weight excluding hydrogens is 262 g/mol. The molecule has 1 unspecified atom stereocenters. The number of nitriles is 1. The van der Waals surface area contributed by atoms with E-state index in [2.05, 4.69) is 11.4 Å². The molecule has 0 saturated heterocycles. The van der Waals surface area contributed by atoms with Crippen LogP contribution in [0.3, 0.4) is 0 Å². The predicted octanol–water partition coefficient (Wildman–Crippen LogP) is 3.41. The first-order chi connectivity index (χ1) is 9.58. The molecule has 0 aromatic heterocycles. The van der Waals surface area contributed by atoms with Crippen LogP contribution in [0.25, 0.3) is 0 Å². The third-order valence-corrected chi connectivity index (χ3v) is 3.25. The van der Waals surface area contributed by atoms with Gasteiger partial charge in [-0.15, -0.1) is 0 Å². The highest BCUT2D eigenvalue weighted by Gasteiger charge is 2.26. The van der Waals surface area contributed by atoms with Gasteiger partial charge in [-0.25, -0.2) is 8.78 Å². The van der Waals surface area contributed by atoms with Crippen molar-refractivity contribution in [2.75, 3.05) is 13.2 Å². The van der Waals surface area contributed by atoms with Crippen LogP contribution in [-0.4, -0.2) is 18.7 Å². The van der Waals surface area contributed by atoms with Crippen LogP contribution in [0.15, 0.2) is 18.2 Å². The first kappa shape index (κ1) is 16.4. The van der Waals surface area contributed by atoms with Crippen molar-refractivity contribution in [3.8, 4) is 11.8 Å². The van der Waals surface area contributed by atoms with Crippen LogP contribution in [0.2, 0.25) is 0 Å². The van der Waals surface area contributed by atoms with E-state index >= 15 is 0 Å². The van der Waals surface area contributed by atoms with Crippen LogP contribution >= 0.6 is 0 Å². The van der Waals surface area contributed by atoms with Gasteiger partial charge in [0.25, 0.3) is 0 Å². The second-order valence-corrected chi connectivity index (χ2v) is 4.58. The highest BCUT2D eigenvalue weighted by molar-refractivity contribution is 5.25. The van der Waals surface area contributed by atoms with Crippen molar-refractivity contribution in [1.29, 1.82) is 5.26 Å². The topological polar surface area (TPSA) is 45.0 Å². The van der Waals surface area contributed by atoms with Gasteiger partial charge in [0.2, 0.25) is 0 Å². The Morgan fingerprint density at radius 3 is 2.45 bits per heavy atom. The van der Waals surface area contributed by atoms with Crippen LogP contribution in [0.5, 0.6) is 5.75 Å². The minimum absolute atomic E-state index is 0.173. The van der Waals surface area contributed by atoms with Gasteiger partial charge < -0.3 is 4.74 Å². The smallest absolute Gasteiger partial charge is 0.190 e. The van der Waals surface area contributed by atoms with Gasteiger partial charge in [-0.3, -0.25) is 5.32 Å². The molecular formula is C15H20F2N2O. The highest BCUT2D eigenvalue weighted by Crippen LogP contribution is 2.22. The van der Waals surface area contributed by atoms with E-state index < -0.39 is 17.2 Å². The molecule has 3 nitrogen and oxygen atoms in total. The molecule has 0 amide bonds. The minimum Gasteiger partial charge on any atom is -0.488 e. The fraction of sp³-hybridized carbons (Fsp3) is 0.533. The van der Waals surface area contributed by atoms with Gasteiger partial charge in [-0.1, -0.05) is 19.9 Å². The lowest BCUT2D eigenvalue weighted by atomic mass is 9.92. The molecule has 110 valence electrons. The Morgan fingerprint density at radius 1 is 1.30 bits per heavy atom. The fourth-order valence-electron chi connectivity index (χ4n) is 2.07. The second kappa shape index (κ2) is 7.81. The molecule has 1 atom stereocenters. The molecule has 1 N–H and O–H groups in total. The molecule has 0 radical (unpaired) electrons. The maximum absolute atomic E-state index is 13.3. The summed E-state index contributed by atoms with van der Waals surface area (Å²) in [6.45, 7) is 4.74. The first-order valence-corrected chi connectivity index (χ1v) is 6.81. The molecule has 1 aromatic rings. The lowest BCUT2D eigenvalue weighted by Crippen LogP contribution is -2.43. The molecule has 20 heavy (non-hydrogen) atoms. The van der Waals surface area contributed by atoms with E-state index in [1.165, 1.54) is 6.07 Å². The van der Waals surface area contributed by atoms with Crippen molar-refractivity contribution in [3.63, 3.8) is 0 Å². The lowest BCUT2D eigenvalue weighted by Gasteiger charge is -2.26. The summed E-state index contributed by atoms with van der Waals surface area (Å²) >= 11 is 0. The molecule has 0 aliphatic carbocycles. The number of hydrogen-bond acceptors (Lipinski definition) is 3. The Morgan fingerprint density at radius 2 is 1.95 bits per heavy atom. The Hall–Kier alpha value is -1.67. The Balaban J connectivity index is 2.51. The largest absolute Gasteiger partial charge is 0.488 e. The van der Waals surface area contributed by atoms with Crippen molar-refractivity contribution in [1.82, 2.24) is 5.32 Å². The summed E-state index contributed by atoms with van der Waals surface area (Å²) in [5.41, 5.74) is -0.591. The van der Waals surface area contributed by atoms with E-state index in [0.717, 1.165) is 12.1 Å². The minimum atomic E-state index is -0.710. The maximum Gasteiger partial charge on any atom is 0.190 e. The van der Waals surface area contributed by atoms with Crippen molar-refractivity contribution in [2.24, 2.45) is 0 Å². The molecule has 1 rings (SSSR count). The van der Waals surface area contributed by atoms with Crippen molar-refractivity contribution < 1.29 is 13.5 Å². The summed E-state index contributed by atoms with van der Waals surface area (Å²) < 4.78 is 31.8. The summed E-state index contributed by atoms with van der Waals surface area (Å²) in [4.78, 5) is 0. The number of ether oxygens (including phenoxy) is 1. The van der Waals surface area contributed by atoms with Crippen molar-refractivity contribution in [3.05, 3.63) is 29.8 Å². The second-order valence-electron chi connectivity index (χ2n) is 4.58. The molecule has 0 saturated carbocycles. The monoisotopic (exact) mass is 282 g/mol. The van der Waals surface area contributed by atoms with E-state index in [1.807, 2.05) is 13.8 Å².